The molecule has 0 N–H and O–H groups in total. The number of piperidine rings is 1. The molecule has 1 rings (SSSR count). The summed E-state index contributed by atoms with van der Waals surface area (Å²) in [5.74, 6) is 0.419. The number of hydrogen-bond acceptors (Lipinski definition) is 4. The Balaban J connectivity index is 0. The molecule has 8 heteroatoms. The molecule has 1 fully saturated rings. The molecule has 0 spiro atoms. The first kappa shape index (κ1) is 20.6. The van der Waals surface area contributed by atoms with Crippen LogP contribution in [0.2, 0.25) is 0 Å². The van der Waals surface area contributed by atoms with E-state index >= 15 is 0 Å². The van der Waals surface area contributed by atoms with Gasteiger partial charge in [-0.15, -0.1) is 0 Å². The first-order valence-corrected chi connectivity index (χ1v) is 7.81. The fourth-order valence-corrected chi connectivity index (χ4v) is 3.05. The standard InChI is InChI=1S/C8H17NO3S2.2Na/c10-14(11,12)13-8-4-7-9-5-2-1-3-6-9;;/h1-8H2,(H-,10,11,12);;/q;2*+1/p-1. The molecule has 0 aromatic carbocycles. The number of likely N-dealkylation sites (tertiary alicyclic amines) is 1. The van der Waals surface area contributed by atoms with E-state index in [0.717, 1.165) is 26.1 Å². The van der Waals surface area contributed by atoms with Crippen LogP contribution in [0.4, 0.5) is 0 Å². The van der Waals surface area contributed by atoms with Crippen molar-refractivity contribution >= 4 is 19.4 Å². The third-order valence-corrected chi connectivity index (χ3v) is 4.41. The van der Waals surface area contributed by atoms with Gasteiger partial charge in [0.05, 0.1) is 9.05 Å². The van der Waals surface area contributed by atoms with Gasteiger partial charge in [-0.25, -0.2) is 4.21 Å². The minimum atomic E-state index is -4.08. The molecule has 16 heavy (non-hydrogen) atoms. The third-order valence-electron chi connectivity index (χ3n) is 2.30. The second-order valence-corrected chi connectivity index (χ2v) is 6.88. The molecule has 84 valence electrons. The second-order valence-electron chi connectivity index (χ2n) is 3.49. The summed E-state index contributed by atoms with van der Waals surface area (Å²) in [6.07, 6.45) is 4.58. The van der Waals surface area contributed by atoms with E-state index in [2.05, 4.69) is 4.90 Å². The van der Waals surface area contributed by atoms with Crippen LogP contribution < -0.4 is 59.1 Å². The Bertz CT molecular complexity index is 268. The summed E-state index contributed by atoms with van der Waals surface area (Å²) in [5, 5.41) is 0. The maximum absolute atomic E-state index is 10.3. The van der Waals surface area contributed by atoms with Crippen LogP contribution >= 0.6 is 0 Å². The summed E-state index contributed by atoms with van der Waals surface area (Å²) in [4.78, 5) is 2.33. The fraction of sp³-hybridized carbons (Fsp3) is 1.00. The number of nitrogens with zero attached hydrogens (tertiary/aromatic N) is 1. The van der Waals surface area contributed by atoms with Crippen LogP contribution in [0.1, 0.15) is 25.7 Å². The van der Waals surface area contributed by atoms with Crippen LogP contribution in [0, 0.1) is 0 Å². The van der Waals surface area contributed by atoms with E-state index in [1.807, 2.05) is 0 Å². The molecule has 0 aromatic rings. The molecule has 0 saturated carbocycles. The van der Waals surface area contributed by atoms with E-state index in [-0.39, 0.29) is 59.1 Å². The predicted molar refractivity (Wildman–Crippen MR) is 56.8 cm³/mol. The summed E-state index contributed by atoms with van der Waals surface area (Å²) in [6, 6.07) is 0. The van der Waals surface area contributed by atoms with Crippen LogP contribution in [0.3, 0.4) is 0 Å². The Morgan fingerprint density at radius 3 is 2.19 bits per heavy atom. The summed E-state index contributed by atoms with van der Waals surface area (Å²) in [6.45, 7) is 3.16. The van der Waals surface area contributed by atoms with Gasteiger partial charge in [0.15, 0.2) is 5.75 Å². The zero-order chi connectivity index (χ0) is 10.4. The average Bonchev–Trinajstić information content (AvgIpc) is 2.13. The van der Waals surface area contributed by atoms with E-state index in [1.165, 1.54) is 19.3 Å². The molecule has 1 aliphatic heterocycles. The Hall–Kier alpha value is 2.25. The van der Waals surface area contributed by atoms with Crippen molar-refractivity contribution in [3.63, 3.8) is 0 Å². The summed E-state index contributed by atoms with van der Waals surface area (Å²) < 4.78 is 30.8. The van der Waals surface area contributed by atoms with Gasteiger partial charge in [0.2, 0.25) is 10.3 Å². The van der Waals surface area contributed by atoms with Crippen molar-refractivity contribution < 1.29 is 72.4 Å². The maximum atomic E-state index is 10.3. The molecule has 4 nitrogen and oxygen atoms in total. The summed E-state index contributed by atoms with van der Waals surface area (Å²) in [7, 11) is -3.57. The van der Waals surface area contributed by atoms with Crippen LogP contribution in [0.15, 0.2) is 0 Å². The van der Waals surface area contributed by atoms with Crippen molar-refractivity contribution in [2.24, 2.45) is 0 Å². The molecular formula is C8H16NNa2O3S2+. The van der Waals surface area contributed by atoms with Gasteiger partial charge in [-0.2, -0.15) is 0 Å². The van der Waals surface area contributed by atoms with Crippen LogP contribution in [0.5, 0.6) is 0 Å². The van der Waals surface area contributed by atoms with E-state index in [0.29, 0.717) is 16.1 Å². The average molecular weight is 284 g/mol. The van der Waals surface area contributed by atoms with Crippen LogP contribution in [0.25, 0.3) is 0 Å². The van der Waals surface area contributed by atoms with Crippen molar-refractivity contribution in [1.82, 2.24) is 4.90 Å². The molecule has 0 bridgehead atoms. The molecule has 1 aliphatic rings. The summed E-state index contributed by atoms with van der Waals surface area (Å²) >= 11 is 0. The molecule has 1 heterocycles. The zero-order valence-electron chi connectivity index (χ0n) is 10.1. The van der Waals surface area contributed by atoms with Crippen molar-refractivity contribution in [2.45, 2.75) is 25.7 Å². The third kappa shape index (κ3) is 11.3. The zero-order valence-corrected chi connectivity index (χ0v) is 15.8. The van der Waals surface area contributed by atoms with Gasteiger partial charge < -0.3 is 14.0 Å². The smallest absolute Gasteiger partial charge is 0.746 e. The van der Waals surface area contributed by atoms with E-state index in [9.17, 15) is 13.3 Å². The van der Waals surface area contributed by atoms with E-state index in [4.69, 9.17) is 0 Å². The largest absolute Gasteiger partial charge is 1.00 e. The Morgan fingerprint density at radius 1 is 1.12 bits per heavy atom. The molecule has 0 aliphatic carbocycles. The first-order valence-electron chi connectivity index (χ1n) is 4.90. The van der Waals surface area contributed by atoms with Crippen molar-refractivity contribution in [3.8, 4) is 0 Å². The molecule has 0 radical (unpaired) electrons. The molecule has 0 unspecified atom stereocenters. The molecular weight excluding hydrogens is 268 g/mol. The molecule has 0 atom stereocenters. The Labute approximate surface area is 146 Å². The van der Waals surface area contributed by atoms with Gasteiger partial charge in [0.25, 0.3) is 0 Å². The minimum absolute atomic E-state index is 0. The van der Waals surface area contributed by atoms with E-state index in [1.54, 1.807) is 0 Å². The van der Waals surface area contributed by atoms with E-state index < -0.39 is 9.05 Å². The normalized spacial score (nSPS) is 17.1. The van der Waals surface area contributed by atoms with Gasteiger partial charge in [-0.05, 0) is 25.9 Å². The monoisotopic (exact) mass is 284 g/mol. The number of rotatable bonds is 4. The predicted octanol–water partition coefficient (Wildman–Crippen LogP) is -5.59. The molecule has 1 saturated heterocycles. The summed E-state index contributed by atoms with van der Waals surface area (Å²) in [5.41, 5.74) is 0. The number of hydrogen-bond donors (Lipinski definition) is 0. The van der Waals surface area contributed by atoms with Gasteiger partial charge >= 0.3 is 59.1 Å². The molecule has 0 amide bonds. The van der Waals surface area contributed by atoms with Gasteiger partial charge in [0.1, 0.15) is 0 Å². The fourth-order valence-electron chi connectivity index (χ4n) is 1.63. The SMILES string of the molecule is O=S([O-])([O-])=[S+]CCCN1CCCCC1.[Na+].[Na+]. The maximum Gasteiger partial charge on any atom is 1.00 e. The van der Waals surface area contributed by atoms with Crippen LogP contribution in [-0.2, 0) is 19.4 Å². The topological polar surface area (TPSA) is 66.4 Å². The quantitative estimate of drug-likeness (QED) is 0.293. The minimum Gasteiger partial charge on any atom is -0.746 e. The second kappa shape index (κ2) is 11.1. The Kier molecular flexibility index (Phi) is 14.3. The van der Waals surface area contributed by atoms with Gasteiger partial charge in [-0.1, -0.05) is 6.42 Å². The van der Waals surface area contributed by atoms with Crippen molar-refractivity contribution in [3.05, 3.63) is 0 Å². The molecule has 0 aromatic heterocycles. The van der Waals surface area contributed by atoms with Crippen molar-refractivity contribution in [1.29, 1.82) is 0 Å². The first-order chi connectivity index (χ1) is 6.58. The van der Waals surface area contributed by atoms with Crippen molar-refractivity contribution in [2.75, 3.05) is 25.4 Å². The van der Waals surface area contributed by atoms with Crippen LogP contribution in [-0.4, -0.2) is 43.6 Å². The van der Waals surface area contributed by atoms with Gasteiger partial charge in [-0.3, -0.25) is 0 Å². The Morgan fingerprint density at radius 2 is 1.69 bits per heavy atom. The van der Waals surface area contributed by atoms with Gasteiger partial charge in [0, 0.05) is 13.0 Å².